The Bertz CT molecular complexity index is 845. The standard InChI is InChI=1S/C23H29N3O2/c1-25-13-11-19(12-14-25)24-22(27)18-9-15-26(16-10-18)23(28)21-8-4-6-17-5-2-3-7-20(17)21/h2-8,18-19H,9-16H2,1H3,(H,24,27). The van der Waals surface area contributed by atoms with Crippen LogP contribution in [0.4, 0.5) is 0 Å². The smallest absolute Gasteiger partial charge is 0.254 e. The molecule has 0 atom stereocenters. The number of carbonyl (C=O) groups excluding carboxylic acids is 2. The Morgan fingerprint density at radius 3 is 2.32 bits per heavy atom. The normalized spacial score (nSPS) is 19.7. The first-order chi connectivity index (χ1) is 13.6. The number of fused-ring (bicyclic) bond motifs is 1. The topological polar surface area (TPSA) is 52.7 Å². The molecule has 5 nitrogen and oxygen atoms in total. The second-order valence-electron chi connectivity index (χ2n) is 8.18. The van der Waals surface area contributed by atoms with Gasteiger partial charge in [0.2, 0.25) is 5.91 Å². The highest BCUT2D eigenvalue weighted by molar-refractivity contribution is 6.07. The number of rotatable bonds is 3. The molecule has 2 heterocycles. The molecule has 28 heavy (non-hydrogen) atoms. The summed E-state index contributed by atoms with van der Waals surface area (Å²) >= 11 is 0. The van der Waals surface area contributed by atoms with Crippen LogP contribution in [-0.2, 0) is 4.79 Å². The first-order valence-electron chi connectivity index (χ1n) is 10.4. The quantitative estimate of drug-likeness (QED) is 0.892. The van der Waals surface area contributed by atoms with Gasteiger partial charge in [0.1, 0.15) is 0 Å². The summed E-state index contributed by atoms with van der Waals surface area (Å²) in [6.45, 7) is 3.38. The average Bonchev–Trinajstić information content (AvgIpc) is 2.74. The summed E-state index contributed by atoms with van der Waals surface area (Å²) < 4.78 is 0. The van der Waals surface area contributed by atoms with Gasteiger partial charge in [0.25, 0.3) is 5.91 Å². The van der Waals surface area contributed by atoms with Crippen molar-refractivity contribution in [2.75, 3.05) is 33.2 Å². The van der Waals surface area contributed by atoms with Gasteiger partial charge in [-0.2, -0.15) is 0 Å². The zero-order valence-corrected chi connectivity index (χ0v) is 16.6. The maximum Gasteiger partial charge on any atom is 0.254 e. The summed E-state index contributed by atoms with van der Waals surface area (Å²) in [7, 11) is 2.13. The molecule has 1 N–H and O–H groups in total. The predicted molar refractivity (Wildman–Crippen MR) is 111 cm³/mol. The number of likely N-dealkylation sites (tertiary alicyclic amines) is 2. The van der Waals surface area contributed by atoms with Gasteiger partial charge in [-0.25, -0.2) is 0 Å². The molecule has 4 rings (SSSR count). The van der Waals surface area contributed by atoms with Crippen LogP contribution in [0, 0.1) is 5.92 Å². The van der Waals surface area contributed by atoms with Crippen LogP contribution in [0.25, 0.3) is 10.8 Å². The average molecular weight is 380 g/mol. The van der Waals surface area contributed by atoms with Gasteiger partial charge < -0.3 is 15.1 Å². The number of nitrogens with one attached hydrogen (secondary N) is 1. The Balaban J connectivity index is 1.34. The summed E-state index contributed by atoms with van der Waals surface area (Å²) in [5.41, 5.74) is 0.757. The van der Waals surface area contributed by atoms with E-state index in [1.165, 1.54) is 0 Å². The van der Waals surface area contributed by atoms with Gasteiger partial charge in [0, 0.05) is 30.6 Å². The van der Waals surface area contributed by atoms with Crippen LogP contribution >= 0.6 is 0 Å². The first-order valence-corrected chi connectivity index (χ1v) is 10.4. The minimum atomic E-state index is 0.0243. The van der Waals surface area contributed by atoms with Crippen LogP contribution in [0.15, 0.2) is 42.5 Å². The molecule has 2 saturated heterocycles. The minimum Gasteiger partial charge on any atom is -0.353 e. The summed E-state index contributed by atoms with van der Waals surface area (Å²) in [6.07, 6.45) is 3.55. The van der Waals surface area contributed by atoms with Gasteiger partial charge in [0.05, 0.1) is 0 Å². The van der Waals surface area contributed by atoms with Crippen molar-refractivity contribution in [1.82, 2.24) is 15.1 Å². The van der Waals surface area contributed by atoms with E-state index in [0.29, 0.717) is 19.1 Å². The lowest BCUT2D eigenvalue weighted by Gasteiger charge is -2.34. The Morgan fingerprint density at radius 2 is 1.57 bits per heavy atom. The van der Waals surface area contributed by atoms with E-state index in [9.17, 15) is 9.59 Å². The van der Waals surface area contributed by atoms with E-state index in [2.05, 4.69) is 17.3 Å². The molecule has 2 amide bonds. The molecule has 0 saturated carbocycles. The molecule has 0 aromatic heterocycles. The van der Waals surface area contributed by atoms with Crippen molar-refractivity contribution >= 4 is 22.6 Å². The molecule has 2 aromatic carbocycles. The molecule has 5 heteroatoms. The molecule has 0 bridgehead atoms. The van der Waals surface area contributed by atoms with E-state index in [-0.39, 0.29) is 17.7 Å². The van der Waals surface area contributed by atoms with Crippen LogP contribution in [0.3, 0.4) is 0 Å². The van der Waals surface area contributed by atoms with E-state index >= 15 is 0 Å². The van der Waals surface area contributed by atoms with E-state index in [0.717, 1.165) is 55.1 Å². The monoisotopic (exact) mass is 379 g/mol. The fourth-order valence-electron chi connectivity index (χ4n) is 4.40. The summed E-state index contributed by atoms with van der Waals surface area (Å²) in [5, 5.41) is 5.32. The molecule has 0 aliphatic carbocycles. The molecule has 0 radical (unpaired) electrons. The van der Waals surface area contributed by atoms with Crippen LogP contribution in [0.1, 0.15) is 36.0 Å². The SMILES string of the molecule is CN1CCC(NC(=O)C2CCN(C(=O)c3cccc4ccccc34)CC2)CC1. The van der Waals surface area contributed by atoms with E-state index in [1.807, 2.05) is 47.4 Å². The number of benzene rings is 2. The molecule has 2 aliphatic rings. The molecule has 2 fully saturated rings. The van der Waals surface area contributed by atoms with E-state index in [4.69, 9.17) is 0 Å². The molecule has 2 aliphatic heterocycles. The van der Waals surface area contributed by atoms with Crippen molar-refractivity contribution < 1.29 is 9.59 Å². The van der Waals surface area contributed by atoms with Gasteiger partial charge >= 0.3 is 0 Å². The highest BCUT2D eigenvalue weighted by Gasteiger charge is 2.30. The molecular weight excluding hydrogens is 350 g/mol. The fraction of sp³-hybridized carbons (Fsp3) is 0.478. The van der Waals surface area contributed by atoms with Crippen molar-refractivity contribution in [3.8, 4) is 0 Å². The second-order valence-corrected chi connectivity index (χ2v) is 8.18. The molecular formula is C23H29N3O2. The van der Waals surface area contributed by atoms with Crippen LogP contribution in [0.5, 0.6) is 0 Å². The molecule has 0 spiro atoms. The number of amides is 2. The Labute approximate surface area is 166 Å². The third-order valence-electron chi connectivity index (χ3n) is 6.24. The zero-order chi connectivity index (χ0) is 19.5. The number of nitrogens with zero attached hydrogens (tertiary/aromatic N) is 2. The minimum absolute atomic E-state index is 0.0243. The second kappa shape index (κ2) is 8.31. The third kappa shape index (κ3) is 4.04. The maximum atomic E-state index is 13.1. The molecule has 148 valence electrons. The van der Waals surface area contributed by atoms with Crippen molar-refractivity contribution in [1.29, 1.82) is 0 Å². The van der Waals surface area contributed by atoms with Crippen LogP contribution in [0.2, 0.25) is 0 Å². The first kappa shape index (κ1) is 18.9. The van der Waals surface area contributed by atoms with Crippen molar-refractivity contribution in [2.45, 2.75) is 31.7 Å². The van der Waals surface area contributed by atoms with Crippen LogP contribution in [-0.4, -0.2) is 60.9 Å². The Hall–Kier alpha value is -2.40. The number of piperidine rings is 2. The largest absolute Gasteiger partial charge is 0.353 e. The van der Waals surface area contributed by atoms with Gasteiger partial charge in [-0.05, 0) is 62.7 Å². The van der Waals surface area contributed by atoms with Crippen LogP contribution < -0.4 is 5.32 Å². The Morgan fingerprint density at radius 1 is 0.893 bits per heavy atom. The van der Waals surface area contributed by atoms with Gasteiger partial charge in [-0.1, -0.05) is 36.4 Å². The fourth-order valence-corrected chi connectivity index (χ4v) is 4.40. The van der Waals surface area contributed by atoms with Gasteiger partial charge in [-0.3, -0.25) is 9.59 Å². The summed E-state index contributed by atoms with van der Waals surface area (Å²) in [5.74, 6) is 0.272. The van der Waals surface area contributed by atoms with Gasteiger partial charge in [-0.15, -0.1) is 0 Å². The third-order valence-corrected chi connectivity index (χ3v) is 6.24. The van der Waals surface area contributed by atoms with Crippen molar-refractivity contribution in [3.63, 3.8) is 0 Å². The zero-order valence-electron chi connectivity index (χ0n) is 16.6. The summed E-state index contributed by atoms with van der Waals surface area (Å²) in [4.78, 5) is 29.9. The number of hydrogen-bond donors (Lipinski definition) is 1. The Kier molecular flexibility index (Phi) is 5.62. The van der Waals surface area contributed by atoms with Gasteiger partial charge in [0.15, 0.2) is 0 Å². The number of hydrogen-bond acceptors (Lipinski definition) is 3. The highest BCUT2D eigenvalue weighted by Crippen LogP contribution is 2.24. The van der Waals surface area contributed by atoms with Crippen molar-refractivity contribution in [2.24, 2.45) is 5.92 Å². The lowest BCUT2D eigenvalue weighted by molar-refractivity contribution is -0.127. The van der Waals surface area contributed by atoms with E-state index in [1.54, 1.807) is 0 Å². The van der Waals surface area contributed by atoms with E-state index < -0.39 is 0 Å². The van der Waals surface area contributed by atoms with Crippen molar-refractivity contribution in [3.05, 3.63) is 48.0 Å². The predicted octanol–water partition coefficient (Wildman–Crippen LogP) is 2.90. The maximum absolute atomic E-state index is 13.1. The highest BCUT2D eigenvalue weighted by atomic mass is 16.2. The summed E-state index contributed by atoms with van der Waals surface area (Å²) in [6, 6.07) is 14.2. The molecule has 2 aromatic rings. The number of carbonyl (C=O) groups is 2. The lowest BCUT2D eigenvalue weighted by atomic mass is 9.94. The lowest BCUT2D eigenvalue weighted by Crippen LogP contribution is -2.48. The molecule has 0 unspecified atom stereocenters.